The van der Waals surface area contributed by atoms with Gasteiger partial charge in [-0.1, -0.05) is 0 Å². The second-order valence-corrected chi connectivity index (χ2v) is 13.3. The van der Waals surface area contributed by atoms with Gasteiger partial charge in [0.15, 0.2) is 5.69 Å². The molecule has 1 amide bonds. The average molecular weight is 629 g/mol. The maximum Gasteiger partial charge on any atom is 0.348 e. The second kappa shape index (κ2) is 12.2. The van der Waals surface area contributed by atoms with Gasteiger partial charge in [-0.2, -0.15) is 5.10 Å². The molecule has 5 rings (SSSR count). The Labute approximate surface area is 252 Å². The Hall–Kier alpha value is -4.12. The first kappa shape index (κ1) is 30.3. The summed E-state index contributed by atoms with van der Waals surface area (Å²) >= 11 is 1.00. The highest BCUT2D eigenvalue weighted by Gasteiger charge is 2.26. The van der Waals surface area contributed by atoms with Crippen LogP contribution in [0.15, 0.2) is 30.6 Å². The van der Waals surface area contributed by atoms with Crippen LogP contribution in [-0.2, 0) is 16.6 Å². The highest BCUT2D eigenvalue weighted by molar-refractivity contribution is 7.92. The number of hydrogen-bond acceptors (Lipinski definition) is 11. The van der Waals surface area contributed by atoms with Crippen molar-refractivity contribution in [2.75, 3.05) is 49.6 Å². The third kappa shape index (κ3) is 6.93. The van der Waals surface area contributed by atoms with Gasteiger partial charge in [0.2, 0.25) is 15.9 Å². The molecule has 0 aliphatic carbocycles. The van der Waals surface area contributed by atoms with Crippen LogP contribution in [0, 0.1) is 0 Å². The molecule has 4 N–H and O–H groups in total. The predicted molar refractivity (Wildman–Crippen MR) is 163 cm³/mol. The van der Waals surface area contributed by atoms with E-state index in [9.17, 15) is 23.1 Å². The van der Waals surface area contributed by atoms with Crippen molar-refractivity contribution in [3.8, 4) is 17.0 Å². The van der Waals surface area contributed by atoms with E-state index >= 15 is 0 Å². The number of carbonyl (C=O) groups is 2. The van der Waals surface area contributed by atoms with Gasteiger partial charge in [-0.25, -0.2) is 23.2 Å². The van der Waals surface area contributed by atoms with E-state index in [2.05, 4.69) is 53.9 Å². The van der Waals surface area contributed by atoms with Crippen LogP contribution in [-0.4, -0.2) is 101 Å². The lowest BCUT2D eigenvalue weighted by Crippen LogP contribution is -2.48. The van der Waals surface area contributed by atoms with E-state index in [4.69, 9.17) is 4.74 Å². The molecular formula is C27H32N8O6S2. The first-order valence-electron chi connectivity index (χ1n) is 13.4. The fourth-order valence-corrected chi connectivity index (χ4v) is 6.40. The largest absolute Gasteiger partial charge is 0.480 e. The maximum atomic E-state index is 13.5. The highest BCUT2D eigenvalue weighted by Crippen LogP contribution is 2.34. The number of pyridine rings is 1. The number of aromatic carboxylic acids is 1. The van der Waals surface area contributed by atoms with Crippen molar-refractivity contribution >= 4 is 55.5 Å². The summed E-state index contributed by atoms with van der Waals surface area (Å²) in [6, 6.07) is 5.47. The lowest BCUT2D eigenvalue weighted by Gasteiger charge is -2.36. The third-order valence-electron chi connectivity index (χ3n) is 7.06. The summed E-state index contributed by atoms with van der Waals surface area (Å²) in [5, 5.41) is 20.8. The Balaban J connectivity index is 1.43. The summed E-state index contributed by atoms with van der Waals surface area (Å²) in [5.41, 5.74) is 2.02. The number of anilines is 2. The topological polar surface area (TPSA) is 183 Å². The number of aromatic nitrogens is 4. The molecule has 0 bridgehead atoms. The van der Waals surface area contributed by atoms with Gasteiger partial charge in [-0.15, -0.1) is 11.3 Å². The van der Waals surface area contributed by atoms with Crippen LogP contribution in [0.4, 0.5) is 11.4 Å². The van der Waals surface area contributed by atoms with Crippen LogP contribution >= 0.6 is 11.3 Å². The summed E-state index contributed by atoms with van der Waals surface area (Å²) in [4.78, 5) is 38.7. The standard InChI is InChI=1S/C27H32N8O6S2/c1-15(2)35-7-5-34(6-8-35)14-22-31-23(24(42-22)27(37)38)25(36)30-19-9-16(10-20-18(19)13-29-32-20)17-11-21(33-43(4,39)40)26(41-3)28-12-17/h9-13,15,33H,5-8,14H2,1-4H3,(H,29,32)(H,30,36)(H,37,38). The summed E-state index contributed by atoms with van der Waals surface area (Å²) < 4.78 is 31.4. The maximum absolute atomic E-state index is 13.5. The van der Waals surface area contributed by atoms with Crippen LogP contribution in [0.5, 0.6) is 5.88 Å². The van der Waals surface area contributed by atoms with E-state index in [0.29, 0.717) is 45.3 Å². The first-order valence-corrected chi connectivity index (χ1v) is 16.1. The molecule has 0 unspecified atom stereocenters. The van der Waals surface area contributed by atoms with Gasteiger partial charge >= 0.3 is 5.97 Å². The molecule has 0 saturated carbocycles. The van der Waals surface area contributed by atoms with Crippen molar-refractivity contribution in [3.63, 3.8) is 0 Å². The number of rotatable bonds is 10. The molecule has 1 fully saturated rings. The molecule has 3 aromatic heterocycles. The van der Waals surface area contributed by atoms with Crippen LogP contribution < -0.4 is 14.8 Å². The molecule has 1 aromatic carbocycles. The van der Waals surface area contributed by atoms with Gasteiger partial charge in [-0.3, -0.25) is 24.4 Å². The van der Waals surface area contributed by atoms with Crippen molar-refractivity contribution in [2.24, 2.45) is 0 Å². The zero-order valence-electron chi connectivity index (χ0n) is 24.0. The number of carbonyl (C=O) groups excluding carboxylic acids is 1. The minimum absolute atomic E-state index is 0.0904. The number of benzene rings is 1. The molecule has 4 aromatic rings. The number of nitrogens with zero attached hydrogens (tertiary/aromatic N) is 5. The number of methoxy groups -OCH3 is 1. The van der Waals surface area contributed by atoms with Gasteiger partial charge in [0.25, 0.3) is 5.91 Å². The number of amides is 1. The molecule has 16 heteroatoms. The summed E-state index contributed by atoms with van der Waals surface area (Å²) in [7, 11) is -2.24. The van der Waals surface area contributed by atoms with Gasteiger partial charge in [0.05, 0.1) is 37.3 Å². The Kier molecular flexibility index (Phi) is 8.64. The number of piperazine rings is 1. The van der Waals surface area contributed by atoms with E-state index in [1.54, 1.807) is 24.4 Å². The quantitative estimate of drug-likeness (QED) is 0.203. The zero-order valence-corrected chi connectivity index (χ0v) is 25.7. The molecule has 0 radical (unpaired) electrons. The molecule has 4 heterocycles. The molecule has 1 aliphatic heterocycles. The molecule has 0 atom stereocenters. The first-order chi connectivity index (χ1) is 20.4. The van der Waals surface area contributed by atoms with Crippen molar-refractivity contribution in [3.05, 3.63) is 46.2 Å². The van der Waals surface area contributed by atoms with E-state index in [0.717, 1.165) is 43.8 Å². The summed E-state index contributed by atoms with van der Waals surface area (Å²) in [6.45, 7) is 8.26. The van der Waals surface area contributed by atoms with E-state index < -0.39 is 21.9 Å². The number of carboxylic acid groups (broad SMARTS) is 1. The number of ether oxygens (including phenoxy) is 1. The highest BCUT2D eigenvalue weighted by atomic mass is 32.2. The smallest absolute Gasteiger partial charge is 0.348 e. The van der Waals surface area contributed by atoms with E-state index in [-0.39, 0.29) is 22.1 Å². The lowest BCUT2D eigenvalue weighted by molar-refractivity contribution is 0.0697. The molecule has 14 nitrogen and oxygen atoms in total. The van der Waals surface area contributed by atoms with Crippen LogP contribution in [0.1, 0.15) is 39.0 Å². The van der Waals surface area contributed by atoms with Crippen LogP contribution in [0.2, 0.25) is 0 Å². The number of sulfonamides is 1. The van der Waals surface area contributed by atoms with Gasteiger partial charge in [0, 0.05) is 49.4 Å². The molecule has 0 spiro atoms. The van der Waals surface area contributed by atoms with E-state index in [1.807, 2.05) is 0 Å². The molecular weight excluding hydrogens is 596 g/mol. The molecule has 1 saturated heterocycles. The summed E-state index contributed by atoms with van der Waals surface area (Å²) in [6.07, 6.45) is 4.07. The number of hydrogen-bond donors (Lipinski definition) is 4. The molecule has 228 valence electrons. The number of carboxylic acids is 1. The fourth-order valence-electron chi connectivity index (χ4n) is 4.91. The van der Waals surface area contributed by atoms with Gasteiger partial charge in [0.1, 0.15) is 15.6 Å². The van der Waals surface area contributed by atoms with Crippen molar-refractivity contribution < 1.29 is 27.9 Å². The lowest BCUT2D eigenvalue weighted by atomic mass is 10.0. The van der Waals surface area contributed by atoms with Crippen LogP contribution in [0.25, 0.3) is 22.0 Å². The molecule has 1 aliphatic rings. The monoisotopic (exact) mass is 628 g/mol. The number of aromatic amines is 1. The minimum Gasteiger partial charge on any atom is -0.480 e. The van der Waals surface area contributed by atoms with Crippen molar-refractivity contribution in [1.29, 1.82) is 0 Å². The van der Waals surface area contributed by atoms with Gasteiger partial charge < -0.3 is 15.2 Å². The average Bonchev–Trinajstić information content (AvgIpc) is 3.60. The number of H-pyrrole nitrogens is 1. The zero-order chi connectivity index (χ0) is 30.9. The Bertz CT molecular complexity index is 1780. The number of nitrogens with one attached hydrogen (secondary N) is 3. The van der Waals surface area contributed by atoms with Crippen molar-refractivity contribution in [1.82, 2.24) is 30.0 Å². The summed E-state index contributed by atoms with van der Waals surface area (Å²) in [5.74, 6) is -1.81. The predicted octanol–water partition coefficient (Wildman–Crippen LogP) is 2.94. The number of thiazole rings is 1. The number of fused-ring (bicyclic) bond motifs is 1. The fraction of sp³-hybridized carbons (Fsp3) is 0.370. The Morgan fingerprint density at radius 2 is 1.84 bits per heavy atom. The third-order valence-corrected chi connectivity index (χ3v) is 8.68. The van der Waals surface area contributed by atoms with Gasteiger partial charge in [-0.05, 0) is 37.6 Å². The van der Waals surface area contributed by atoms with Crippen molar-refractivity contribution in [2.45, 2.75) is 26.4 Å². The molecule has 43 heavy (non-hydrogen) atoms. The SMILES string of the molecule is COc1ncc(-c2cc(NC(=O)c3nc(CN4CCN(C(C)C)CC4)sc3C(=O)O)c3cn[nH]c3c2)cc1NS(C)(=O)=O. The van der Waals surface area contributed by atoms with E-state index in [1.165, 1.54) is 13.3 Å². The second-order valence-electron chi connectivity index (χ2n) is 10.5. The normalized spacial score (nSPS) is 14.7. The minimum atomic E-state index is -3.62. The van der Waals surface area contributed by atoms with Crippen LogP contribution in [0.3, 0.4) is 0 Å². The Morgan fingerprint density at radius 3 is 2.49 bits per heavy atom. The Morgan fingerprint density at radius 1 is 1.12 bits per heavy atom.